The summed E-state index contributed by atoms with van der Waals surface area (Å²) in [6, 6.07) is 2.80. The molecule has 0 aliphatic carbocycles. The van der Waals surface area contributed by atoms with Crippen molar-refractivity contribution in [1.29, 1.82) is 0 Å². The summed E-state index contributed by atoms with van der Waals surface area (Å²) in [7, 11) is 0. The zero-order valence-corrected chi connectivity index (χ0v) is 8.05. The molecule has 0 saturated heterocycles. The molecule has 76 valence electrons. The second-order valence-corrected chi connectivity index (χ2v) is 3.04. The normalized spacial score (nSPS) is 14.6. The lowest BCUT2D eigenvalue weighted by Gasteiger charge is -2.13. The third-order valence-corrected chi connectivity index (χ3v) is 2.23. The number of hydrogen-bond acceptors (Lipinski definition) is 3. The van der Waals surface area contributed by atoms with Crippen LogP contribution in [-0.2, 0) is 0 Å². The Bertz CT molecular complexity index is 305. The van der Waals surface area contributed by atoms with E-state index >= 15 is 0 Å². The van der Waals surface area contributed by atoms with Gasteiger partial charge in [0.25, 0.3) is 0 Å². The highest BCUT2D eigenvalue weighted by Crippen LogP contribution is 2.24. The summed E-state index contributed by atoms with van der Waals surface area (Å²) in [4.78, 5) is 10.5. The molecule has 0 N–H and O–H groups in total. The summed E-state index contributed by atoms with van der Waals surface area (Å²) in [5, 5.41) is 10.7. The summed E-state index contributed by atoms with van der Waals surface area (Å²) < 4.78 is 5.14. The van der Waals surface area contributed by atoms with Crippen molar-refractivity contribution in [3.05, 3.63) is 46.9 Å². The summed E-state index contributed by atoms with van der Waals surface area (Å²) in [5.41, 5.74) is 0. The van der Waals surface area contributed by atoms with Gasteiger partial charge in [-0.3, -0.25) is 10.1 Å². The molecule has 0 aliphatic heterocycles. The van der Waals surface area contributed by atoms with E-state index in [4.69, 9.17) is 4.42 Å². The first kappa shape index (κ1) is 10.5. The summed E-state index contributed by atoms with van der Waals surface area (Å²) in [5.74, 6) is 0.258. The molecule has 0 saturated carbocycles. The van der Waals surface area contributed by atoms with Crippen molar-refractivity contribution in [2.45, 2.75) is 25.3 Å². The molecule has 1 aromatic heterocycles. The van der Waals surface area contributed by atoms with Gasteiger partial charge in [-0.1, -0.05) is 13.0 Å². The van der Waals surface area contributed by atoms with Crippen LogP contribution in [0, 0.1) is 10.1 Å². The highest BCUT2D eigenvalue weighted by Gasteiger charge is 2.30. The number of furan rings is 1. The first-order chi connectivity index (χ1) is 6.70. The van der Waals surface area contributed by atoms with Crippen molar-refractivity contribution in [3.63, 3.8) is 0 Å². The Morgan fingerprint density at radius 3 is 2.86 bits per heavy atom. The summed E-state index contributed by atoms with van der Waals surface area (Å²) >= 11 is 0. The molecule has 0 radical (unpaired) electrons. The third-order valence-electron chi connectivity index (χ3n) is 2.23. The van der Waals surface area contributed by atoms with Crippen molar-refractivity contribution in [3.8, 4) is 0 Å². The predicted octanol–water partition coefficient (Wildman–Crippen LogP) is 2.60. The molecular weight excluding hydrogens is 182 g/mol. The molecule has 0 spiro atoms. The highest BCUT2D eigenvalue weighted by atomic mass is 16.6. The van der Waals surface area contributed by atoms with E-state index in [-0.39, 0.29) is 10.8 Å². The van der Waals surface area contributed by atoms with Gasteiger partial charge < -0.3 is 4.42 Å². The number of nitro groups is 1. The Morgan fingerprint density at radius 2 is 2.50 bits per heavy atom. The molecule has 0 unspecified atom stereocenters. The Balaban J connectivity index is 2.90. The van der Waals surface area contributed by atoms with Crippen LogP contribution in [0.3, 0.4) is 0 Å². The molecular formula is C10H13NO3. The number of nitrogens with zero attached hydrogens (tertiary/aromatic N) is 1. The summed E-state index contributed by atoms with van der Waals surface area (Å²) in [6.45, 7) is 5.39. The predicted molar refractivity (Wildman–Crippen MR) is 52.7 cm³/mol. The summed E-state index contributed by atoms with van der Waals surface area (Å²) in [6.07, 6.45) is 3.54. The lowest BCUT2D eigenvalue weighted by Crippen LogP contribution is -2.25. The minimum absolute atomic E-state index is 0.283. The van der Waals surface area contributed by atoms with Gasteiger partial charge in [-0.05, 0) is 12.1 Å². The first-order valence-electron chi connectivity index (χ1n) is 4.50. The van der Waals surface area contributed by atoms with E-state index in [1.807, 2.05) is 0 Å². The van der Waals surface area contributed by atoms with E-state index < -0.39 is 6.04 Å². The Kier molecular flexibility index (Phi) is 3.45. The SMILES string of the molecule is C=C[C@H](c1ccco1)[C@@H](CC)[N+](=O)[O-]. The highest BCUT2D eigenvalue weighted by molar-refractivity contribution is 5.13. The molecule has 0 aromatic carbocycles. The van der Waals surface area contributed by atoms with Gasteiger partial charge in [0, 0.05) is 11.3 Å². The Labute approximate surface area is 82.4 Å². The van der Waals surface area contributed by atoms with Crippen LogP contribution in [0.25, 0.3) is 0 Å². The van der Waals surface area contributed by atoms with Crippen LogP contribution >= 0.6 is 0 Å². The second kappa shape index (κ2) is 4.60. The van der Waals surface area contributed by atoms with Gasteiger partial charge in [0.1, 0.15) is 11.7 Å². The molecule has 0 amide bonds. The van der Waals surface area contributed by atoms with E-state index in [0.29, 0.717) is 12.2 Å². The smallest absolute Gasteiger partial charge is 0.226 e. The van der Waals surface area contributed by atoms with Crippen LogP contribution in [0.15, 0.2) is 35.5 Å². The number of hydrogen-bond donors (Lipinski definition) is 0. The molecule has 4 nitrogen and oxygen atoms in total. The van der Waals surface area contributed by atoms with Crippen molar-refractivity contribution >= 4 is 0 Å². The lowest BCUT2D eigenvalue weighted by molar-refractivity contribution is -0.525. The van der Waals surface area contributed by atoms with E-state index in [9.17, 15) is 10.1 Å². The van der Waals surface area contributed by atoms with Gasteiger partial charge in [-0.25, -0.2) is 0 Å². The minimum atomic E-state index is -0.654. The fourth-order valence-electron chi connectivity index (χ4n) is 1.48. The van der Waals surface area contributed by atoms with E-state index in [1.54, 1.807) is 25.1 Å². The first-order valence-corrected chi connectivity index (χ1v) is 4.50. The van der Waals surface area contributed by atoms with Crippen LogP contribution in [-0.4, -0.2) is 11.0 Å². The van der Waals surface area contributed by atoms with Crippen LogP contribution < -0.4 is 0 Å². The molecule has 1 heterocycles. The van der Waals surface area contributed by atoms with Gasteiger partial charge in [-0.15, -0.1) is 6.58 Å². The van der Waals surface area contributed by atoms with E-state index in [1.165, 1.54) is 6.26 Å². The quantitative estimate of drug-likeness (QED) is 0.412. The van der Waals surface area contributed by atoms with Crippen LogP contribution in [0.4, 0.5) is 0 Å². The lowest BCUT2D eigenvalue weighted by atomic mass is 9.96. The maximum Gasteiger partial charge on any atom is 0.226 e. The minimum Gasteiger partial charge on any atom is -0.468 e. The molecule has 2 atom stereocenters. The monoisotopic (exact) mass is 195 g/mol. The maximum atomic E-state index is 10.7. The van der Waals surface area contributed by atoms with Crippen molar-refractivity contribution in [2.75, 3.05) is 0 Å². The topological polar surface area (TPSA) is 56.3 Å². The van der Waals surface area contributed by atoms with Crippen molar-refractivity contribution in [2.24, 2.45) is 0 Å². The average Bonchev–Trinajstić information content (AvgIpc) is 2.65. The fourth-order valence-corrected chi connectivity index (χ4v) is 1.48. The van der Waals surface area contributed by atoms with Crippen molar-refractivity contribution < 1.29 is 9.34 Å². The zero-order valence-electron chi connectivity index (χ0n) is 8.05. The van der Waals surface area contributed by atoms with Crippen LogP contribution in [0.2, 0.25) is 0 Å². The molecule has 0 bridgehead atoms. The van der Waals surface area contributed by atoms with Crippen LogP contribution in [0.1, 0.15) is 25.0 Å². The van der Waals surface area contributed by atoms with Crippen LogP contribution in [0.5, 0.6) is 0 Å². The molecule has 4 heteroatoms. The largest absolute Gasteiger partial charge is 0.468 e. The van der Waals surface area contributed by atoms with Gasteiger partial charge >= 0.3 is 0 Å². The molecule has 0 aliphatic rings. The van der Waals surface area contributed by atoms with Gasteiger partial charge in [0.2, 0.25) is 6.04 Å². The van der Waals surface area contributed by atoms with Crippen molar-refractivity contribution in [1.82, 2.24) is 0 Å². The molecule has 14 heavy (non-hydrogen) atoms. The van der Waals surface area contributed by atoms with E-state index in [0.717, 1.165) is 0 Å². The maximum absolute atomic E-state index is 10.7. The molecule has 0 fully saturated rings. The average molecular weight is 195 g/mol. The van der Waals surface area contributed by atoms with Gasteiger partial charge in [0.05, 0.1) is 6.26 Å². The Hall–Kier alpha value is -1.58. The van der Waals surface area contributed by atoms with Gasteiger partial charge in [-0.2, -0.15) is 0 Å². The standard InChI is InChI=1S/C10H13NO3/c1-3-8(9(4-2)11(12)13)10-6-5-7-14-10/h3,5-9H,1,4H2,2H3/t8-,9+/m0/s1. The van der Waals surface area contributed by atoms with E-state index in [2.05, 4.69) is 6.58 Å². The second-order valence-electron chi connectivity index (χ2n) is 3.04. The molecule has 1 rings (SSSR count). The Morgan fingerprint density at radius 1 is 1.79 bits per heavy atom. The van der Waals surface area contributed by atoms with Gasteiger partial charge in [0.15, 0.2) is 0 Å². The molecule has 1 aromatic rings. The fraction of sp³-hybridized carbons (Fsp3) is 0.400. The zero-order chi connectivity index (χ0) is 10.6. The number of rotatable bonds is 5. The third kappa shape index (κ3) is 2.02.